The summed E-state index contributed by atoms with van der Waals surface area (Å²) in [6.45, 7) is 0.251. The largest absolute Gasteiger partial charge is 0.482 e. The summed E-state index contributed by atoms with van der Waals surface area (Å²) in [6, 6.07) is 10.5. The molecule has 114 valence electrons. The maximum atomic E-state index is 11.7. The van der Waals surface area contributed by atoms with Gasteiger partial charge in [-0.05, 0) is 29.8 Å². The van der Waals surface area contributed by atoms with Crippen molar-refractivity contribution < 1.29 is 14.3 Å². The second-order valence-corrected chi connectivity index (χ2v) is 4.53. The molecule has 2 rings (SSSR count). The van der Waals surface area contributed by atoms with Gasteiger partial charge >= 0.3 is 0 Å². The number of carbonyl (C=O) groups excluding carboxylic acids is 2. The van der Waals surface area contributed by atoms with Gasteiger partial charge in [0.25, 0.3) is 11.8 Å². The van der Waals surface area contributed by atoms with Crippen LogP contribution in [0.3, 0.4) is 0 Å². The van der Waals surface area contributed by atoms with E-state index in [1.807, 2.05) is 6.07 Å². The van der Waals surface area contributed by atoms with Gasteiger partial charge in [0, 0.05) is 25.4 Å². The fourth-order valence-corrected chi connectivity index (χ4v) is 1.80. The number of benzene rings is 1. The second kappa shape index (κ2) is 7.78. The molecule has 0 radical (unpaired) electrons. The molecule has 2 N–H and O–H groups in total. The summed E-state index contributed by atoms with van der Waals surface area (Å²) in [6.07, 6.45) is 3.17. The summed E-state index contributed by atoms with van der Waals surface area (Å²) in [4.78, 5) is 27.2. The molecule has 1 aromatic heterocycles. The molecule has 1 heterocycles. The van der Waals surface area contributed by atoms with E-state index in [9.17, 15) is 9.59 Å². The monoisotopic (exact) mass is 299 g/mol. The molecule has 1 aromatic carbocycles. The van der Waals surface area contributed by atoms with Crippen LogP contribution in [0.25, 0.3) is 0 Å². The zero-order valence-corrected chi connectivity index (χ0v) is 12.2. The summed E-state index contributed by atoms with van der Waals surface area (Å²) in [5, 5.41) is 5.30. The van der Waals surface area contributed by atoms with E-state index in [0.29, 0.717) is 17.9 Å². The maximum Gasteiger partial charge on any atom is 0.258 e. The standard InChI is InChI=1S/C16H17N3O3/c1-17-16(21)13-5-2-4-12(8-13)9-19-15(20)11-22-14-6-3-7-18-10-14/h2-8,10H,9,11H2,1H3,(H,17,21)(H,19,20). The van der Waals surface area contributed by atoms with E-state index in [1.165, 1.54) is 0 Å². The smallest absolute Gasteiger partial charge is 0.258 e. The molecule has 2 amide bonds. The van der Waals surface area contributed by atoms with E-state index < -0.39 is 0 Å². The van der Waals surface area contributed by atoms with Crippen LogP contribution in [-0.2, 0) is 11.3 Å². The lowest BCUT2D eigenvalue weighted by molar-refractivity contribution is -0.123. The lowest BCUT2D eigenvalue weighted by atomic mass is 10.1. The first-order valence-electron chi connectivity index (χ1n) is 6.79. The highest BCUT2D eigenvalue weighted by Gasteiger charge is 2.06. The Kier molecular flexibility index (Phi) is 5.48. The van der Waals surface area contributed by atoms with E-state index in [0.717, 1.165) is 5.56 Å². The van der Waals surface area contributed by atoms with Crippen LogP contribution in [0, 0.1) is 0 Å². The van der Waals surface area contributed by atoms with Crippen molar-refractivity contribution in [3.8, 4) is 5.75 Å². The van der Waals surface area contributed by atoms with Crippen LogP contribution < -0.4 is 15.4 Å². The van der Waals surface area contributed by atoms with E-state index in [2.05, 4.69) is 15.6 Å². The lowest BCUT2D eigenvalue weighted by Crippen LogP contribution is -2.28. The molecular formula is C16H17N3O3. The van der Waals surface area contributed by atoms with E-state index in [-0.39, 0.29) is 18.4 Å². The molecule has 0 saturated carbocycles. The third kappa shape index (κ3) is 4.59. The lowest BCUT2D eigenvalue weighted by Gasteiger charge is -2.08. The van der Waals surface area contributed by atoms with Crippen LogP contribution in [0.2, 0.25) is 0 Å². The van der Waals surface area contributed by atoms with Crippen molar-refractivity contribution in [1.82, 2.24) is 15.6 Å². The molecular weight excluding hydrogens is 282 g/mol. The van der Waals surface area contributed by atoms with Crippen molar-refractivity contribution in [2.24, 2.45) is 0 Å². The number of aromatic nitrogens is 1. The Morgan fingerprint density at radius 3 is 2.82 bits per heavy atom. The van der Waals surface area contributed by atoms with Crippen molar-refractivity contribution in [2.45, 2.75) is 6.54 Å². The third-order valence-corrected chi connectivity index (χ3v) is 2.91. The van der Waals surface area contributed by atoms with Crippen LogP contribution in [0.4, 0.5) is 0 Å². The van der Waals surface area contributed by atoms with Crippen molar-refractivity contribution in [1.29, 1.82) is 0 Å². The molecule has 0 bridgehead atoms. The number of nitrogens with zero attached hydrogens (tertiary/aromatic N) is 1. The average molecular weight is 299 g/mol. The molecule has 0 saturated heterocycles. The minimum absolute atomic E-state index is 0.0825. The molecule has 0 spiro atoms. The molecule has 6 heteroatoms. The van der Waals surface area contributed by atoms with Crippen LogP contribution in [0.1, 0.15) is 15.9 Å². The van der Waals surface area contributed by atoms with Crippen molar-refractivity contribution >= 4 is 11.8 Å². The minimum Gasteiger partial charge on any atom is -0.482 e. The van der Waals surface area contributed by atoms with E-state index in [4.69, 9.17) is 4.74 Å². The number of pyridine rings is 1. The first-order chi connectivity index (χ1) is 10.7. The van der Waals surface area contributed by atoms with Gasteiger partial charge in [-0.15, -0.1) is 0 Å². The third-order valence-electron chi connectivity index (χ3n) is 2.91. The molecule has 2 aromatic rings. The number of rotatable bonds is 6. The number of hydrogen-bond donors (Lipinski definition) is 2. The summed E-state index contributed by atoms with van der Waals surface area (Å²) < 4.78 is 5.30. The summed E-state index contributed by atoms with van der Waals surface area (Å²) in [5.74, 6) is 0.140. The average Bonchev–Trinajstić information content (AvgIpc) is 2.58. The Morgan fingerprint density at radius 1 is 1.23 bits per heavy atom. The van der Waals surface area contributed by atoms with Gasteiger partial charge in [-0.25, -0.2) is 0 Å². The van der Waals surface area contributed by atoms with Crippen LogP contribution in [0.5, 0.6) is 5.75 Å². The highest BCUT2D eigenvalue weighted by atomic mass is 16.5. The van der Waals surface area contributed by atoms with Crippen LogP contribution in [-0.4, -0.2) is 30.5 Å². The molecule has 22 heavy (non-hydrogen) atoms. The summed E-state index contributed by atoms with van der Waals surface area (Å²) in [5.41, 5.74) is 1.40. The Balaban J connectivity index is 1.82. The highest BCUT2D eigenvalue weighted by Crippen LogP contribution is 2.06. The van der Waals surface area contributed by atoms with Crippen molar-refractivity contribution in [3.63, 3.8) is 0 Å². The SMILES string of the molecule is CNC(=O)c1cccc(CNC(=O)COc2cccnc2)c1. The number of ether oxygens (including phenoxy) is 1. The van der Waals surface area contributed by atoms with Gasteiger partial charge < -0.3 is 15.4 Å². The molecule has 0 fully saturated rings. The quantitative estimate of drug-likeness (QED) is 0.838. The first-order valence-corrected chi connectivity index (χ1v) is 6.79. The molecule has 0 unspecified atom stereocenters. The van der Waals surface area contributed by atoms with Crippen LogP contribution >= 0.6 is 0 Å². The van der Waals surface area contributed by atoms with Gasteiger partial charge in [-0.1, -0.05) is 12.1 Å². The van der Waals surface area contributed by atoms with E-state index in [1.54, 1.807) is 49.8 Å². The Bertz CT molecular complexity index is 644. The zero-order chi connectivity index (χ0) is 15.8. The minimum atomic E-state index is -0.241. The fourth-order valence-electron chi connectivity index (χ4n) is 1.80. The number of amides is 2. The van der Waals surface area contributed by atoms with Gasteiger partial charge in [-0.2, -0.15) is 0 Å². The predicted molar refractivity (Wildman–Crippen MR) is 81.4 cm³/mol. The summed E-state index contributed by atoms with van der Waals surface area (Å²) >= 11 is 0. The molecule has 0 aliphatic heterocycles. The van der Waals surface area contributed by atoms with Gasteiger partial charge in [0.2, 0.25) is 0 Å². The molecule has 0 aliphatic rings. The van der Waals surface area contributed by atoms with Gasteiger partial charge in [-0.3, -0.25) is 14.6 Å². The van der Waals surface area contributed by atoms with Gasteiger partial charge in [0.1, 0.15) is 5.75 Å². The fraction of sp³-hybridized carbons (Fsp3) is 0.188. The summed E-state index contributed by atoms with van der Waals surface area (Å²) in [7, 11) is 1.58. The highest BCUT2D eigenvalue weighted by molar-refractivity contribution is 5.94. The maximum absolute atomic E-state index is 11.7. The molecule has 0 aliphatic carbocycles. The van der Waals surface area contributed by atoms with E-state index >= 15 is 0 Å². The normalized spacial score (nSPS) is 9.86. The Morgan fingerprint density at radius 2 is 2.09 bits per heavy atom. The zero-order valence-electron chi connectivity index (χ0n) is 12.2. The number of nitrogens with one attached hydrogen (secondary N) is 2. The first kappa shape index (κ1) is 15.5. The van der Waals surface area contributed by atoms with Gasteiger partial charge in [0.05, 0.1) is 6.20 Å². The van der Waals surface area contributed by atoms with Gasteiger partial charge in [0.15, 0.2) is 6.61 Å². The Labute approximate surface area is 128 Å². The van der Waals surface area contributed by atoms with Crippen LogP contribution in [0.15, 0.2) is 48.8 Å². The molecule has 0 atom stereocenters. The predicted octanol–water partition coefficient (Wildman–Crippen LogP) is 1.14. The van der Waals surface area contributed by atoms with Crippen molar-refractivity contribution in [3.05, 3.63) is 59.9 Å². The number of carbonyl (C=O) groups is 2. The topological polar surface area (TPSA) is 80.3 Å². The van der Waals surface area contributed by atoms with Crippen molar-refractivity contribution in [2.75, 3.05) is 13.7 Å². The molecule has 6 nitrogen and oxygen atoms in total. The number of hydrogen-bond acceptors (Lipinski definition) is 4. The second-order valence-electron chi connectivity index (χ2n) is 4.53. The Hall–Kier alpha value is -2.89.